The third kappa shape index (κ3) is 7.22. The van der Waals surface area contributed by atoms with Gasteiger partial charge < -0.3 is 29.7 Å². The van der Waals surface area contributed by atoms with E-state index >= 15 is 0 Å². The van der Waals surface area contributed by atoms with Gasteiger partial charge in [-0.15, -0.1) is 13.2 Å². The lowest BCUT2D eigenvalue weighted by Crippen LogP contribution is -2.61. The van der Waals surface area contributed by atoms with Crippen LogP contribution in [0.15, 0.2) is 55.6 Å². The molecule has 3 heterocycles. The van der Waals surface area contributed by atoms with Crippen LogP contribution in [0, 0.1) is 17.8 Å². The molecule has 1 aromatic carbocycles. The largest absolute Gasteiger partial charge is 0.463 e. The summed E-state index contributed by atoms with van der Waals surface area (Å²) in [5, 5.41) is 13.6. The van der Waals surface area contributed by atoms with Crippen molar-refractivity contribution >= 4 is 39.6 Å². The summed E-state index contributed by atoms with van der Waals surface area (Å²) in [5.74, 6) is -3.50. The number of nitrogens with zero attached hydrogens (tertiary/aromatic N) is 2. The van der Waals surface area contributed by atoms with E-state index in [9.17, 15) is 24.3 Å². The Hall–Kier alpha value is -3.02. The van der Waals surface area contributed by atoms with E-state index in [1.165, 1.54) is 4.90 Å². The molecule has 258 valence electrons. The Morgan fingerprint density at radius 1 is 1.21 bits per heavy atom. The fourth-order valence-electron chi connectivity index (χ4n) is 7.62. The van der Waals surface area contributed by atoms with Gasteiger partial charge in [-0.2, -0.15) is 0 Å². The number of benzene rings is 1. The summed E-state index contributed by atoms with van der Waals surface area (Å²) in [5.41, 5.74) is -0.536. The first-order valence-corrected chi connectivity index (χ1v) is 17.7. The lowest BCUT2D eigenvalue weighted by molar-refractivity contribution is -0.153. The Bertz CT molecular complexity index is 1310. The van der Waals surface area contributed by atoms with Gasteiger partial charge in [0, 0.05) is 23.8 Å². The molecule has 3 saturated heterocycles. The monoisotopic (exact) mass is 715 g/mol. The fourth-order valence-corrected chi connectivity index (χ4v) is 8.57. The summed E-state index contributed by atoms with van der Waals surface area (Å²) in [6, 6.07) is 6.72. The topological polar surface area (TPSA) is 125 Å². The molecule has 3 aliphatic rings. The van der Waals surface area contributed by atoms with Gasteiger partial charge in [-0.05, 0) is 37.7 Å². The molecular formula is C36H50BrN3O7. The van der Waals surface area contributed by atoms with Crippen molar-refractivity contribution in [2.45, 2.75) is 100 Å². The highest BCUT2D eigenvalue weighted by Gasteiger charge is 2.77. The quantitative estimate of drug-likeness (QED) is 0.140. The summed E-state index contributed by atoms with van der Waals surface area (Å²) in [7, 11) is 0. The molecule has 4 rings (SSSR count). The standard InChI is InChI=1S/C36H50BrN3O7/c1-7-10-17-28(42)46-21-26(24-15-12-11-13-16-24)38-33(43)29-30-34(44)40(27(20-41)22(4)5)32(36(30)19-25(37)31(29)47-36)35(45)39(18-9-3)23(6)14-8-2/h7,9,11-13,15-16,22-23,25-27,29-32,41H,1,3,8,10,14,17-21H2,2,4-6H3,(H,38,43)/t23?,25?,26-,27-,29+,30-,31+,32+,36-/m0/s1. The third-order valence-corrected chi connectivity index (χ3v) is 10.8. The fraction of sp³-hybridized carbons (Fsp3) is 0.611. The number of hydrogen-bond acceptors (Lipinski definition) is 7. The lowest BCUT2D eigenvalue weighted by atomic mass is 9.70. The molecule has 2 N–H and O–H groups in total. The number of aliphatic hydroxyl groups is 1. The van der Waals surface area contributed by atoms with Gasteiger partial charge in [0.2, 0.25) is 17.7 Å². The molecule has 3 aliphatic heterocycles. The molecule has 2 bridgehead atoms. The van der Waals surface area contributed by atoms with Crippen LogP contribution in [0.5, 0.6) is 0 Å². The Morgan fingerprint density at radius 3 is 2.51 bits per heavy atom. The van der Waals surface area contributed by atoms with E-state index in [2.05, 4.69) is 41.3 Å². The normalized spacial score (nSPS) is 28.0. The molecule has 0 aromatic heterocycles. The summed E-state index contributed by atoms with van der Waals surface area (Å²) in [6.45, 7) is 15.2. The summed E-state index contributed by atoms with van der Waals surface area (Å²) < 4.78 is 12.3. The van der Waals surface area contributed by atoms with Crippen LogP contribution >= 0.6 is 15.9 Å². The minimum Gasteiger partial charge on any atom is -0.463 e. The van der Waals surface area contributed by atoms with Crippen LogP contribution in [-0.2, 0) is 28.7 Å². The molecule has 1 spiro atoms. The zero-order chi connectivity index (χ0) is 34.5. The second-order valence-electron chi connectivity index (χ2n) is 13.3. The predicted octanol–water partition coefficient (Wildman–Crippen LogP) is 4.32. The second kappa shape index (κ2) is 15.9. The summed E-state index contributed by atoms with van der Waals surface area (Å²) >= 11 is 3.74. The van der Waals surface area contributed by atoms with Gasteiger partial charge in [0.1, 0.15) is 18.2 Å². The van der Waals surface area contributed by atoms with Crippen molar-refractivity contribution in [3.8, 4) is 0 Å². The Balaban J connectivity index is 1.72. The predicted molar refractivity (Wildman–Crippen MR) is 182 cm³/mol. The zero-order valence-electron chi connectivity index (χ0n) is 28.0. The first-order valence-electron chi connectivity index (χ1n) is 16.7. The Morgan fingerprint density at radius 2 is 1.91 bits per heavy atom. The maximum Gasteiger partial charge on any atom is 0.306 e. The Kier molecular flexibility index (Phi) is 12.5. The SMILES string of the molecule is C=CCCC(=O)OC[C@H](NC(=O)[C@H]1[C@@H]2O[C@@]3(CC2Br)[C@@H]1C(=O)N([C@@H](CO)C(C)C)[C@@H]3C(=O)N(CC=C)C(C)CCC)c1ccccc1. The zero-order valence-corrected chi connectivity index (χ0v) is 29.6. The van der Waals surface area contributed by atoms with Gasteiger partial charge in [-0.3, -0.25) is 19.2 Å². The molecule has 11 heteroatoms. The molecule has 0 radical (unpaired) electrons. The van der Waals surface area contributed by atoms with Crippen molar-refractivity contribution in [1.82, 2.24) is 15.1 Å². The number of esters is 1. The summed E-state index contributed by atoms with van der Waals surface area (Å²) in [4.78, 5) is 59.0. The minimum absolute atomic E-state index is 0.0928. The molecule has 47 heavy (non-hydrogen) atoms. The van der Waals surface area contributed by atoms with Crippen molar-refractivity contribution in [1.29, 1.82) is 0 Å². The molecular weight excluding hydrogens is 666 g/mol. The average Bonchev–Trinajstić information content (AvgIpc) is 3.64. The molecule has 9 atom stereocenters. The van der Waals surface area contributed by atoms with Crippen LogP contribution in [0.25, 0.3) is 0 Å². The number of carbonyl (C=O) groups excluding carboxylic acids is 4. The van der Waals surface area contributed by atoms with Crippen molar-refractivity contribution in [3.63, 3.8) is 0 Å². The van der Waals surface area contributed by atoms with E-state index in [0.717, 1.165) is 18.4 Å². The van der Waals surface area contributed by atoms with E-state index < -0.39 is 53.5 Å². The lowest BCUT2D eigenvalue weighted by Gasteiger charge is -2.41. The summed E-state index contributed by atoms with van der Waals surface area (Å²) in [6.07, 6.45) is 5.29. The number of carbonyl (C=O) groups is 4. The molecule has 2 unspecified atom stereocenters. The Labute approximate surface area is 287 Å². The number of likely N-dealkylation sites (tertiary alicyclic amines) is 1. The van der Waals surface area contributed by atoms with Crippen molar-refractivity contribution in [2.24, 2.45) is 17.8 Å². The van der Waals surface area contributed by atoms with Gasteiger partial charge in [0.15, 0.2) is 0 Å². The number of amides is 3. The van der Waals surface area contributed by atoms with Crippen molar-refractivity contribution < 1.29 is 33.8 Å². The molecule has 1 aromatic rings. The molecule has 0 aliphatic carbocycles. The van der Waals surface area contributed by atoms with Crippen LogP contribution in [0.2, 0.25) is 0 Å². The van der Waals surface area contributed by atoms with Gasteiger partial charge >= 0.3 is 5.97 Å². The number of ether oxygens (including phenoxy) is 2. The van der Waals surface area contributed by atoms with Gasteiger partial charge in [-0.25, -0.2) is 0 Å². The van der Waals surface area contributed by atoms with Crippen LogP contribution in [0.4, 0.5) is 0 Å². The number of alkyl halides is 1. The molecule has 3 amide bonds. The van der Waals surface area contributed by atoms with Gasteiger partial charge in [0.25, 0.3) is 0 Å². The van der Waals surface area contributed by atoms with E-state index in [1.807, 2.05) is 51.1 Å². The number of nitrogens with one attached hydrogen (secondary N) is 1. The molecule has 0 saturated carbocycles. The van der Waals surface area contributed by atoms with Crippen molar-refractivity contribution in [3.05, 3.63) is 61.2 Å². The van der Waals surface area contributed by atoms with Gasteiger partial charge in [0.05, 0.1) is 36.6 Å². The van der Waals surface area contributed by atoms with Crippen LogP contribution in [0.3, 0.4) is 0 Å². The number of allylic oxidation sites excluding steroid dienone is 1. The number of halogens is 1. The number of aliphatic hydroxyl groups excluding tert-OH is 1. The number of rotatable bonds is 17. The highest BCUT2D eigenvalue weighted by Crippen LogP contribution is 2.61. The second-order valence-corrected chi connectivity index (χ2v) is 14.5. The highest BCUT2D eigenvalue weighted by atomic mass is 79.9. The van der Waals surface area contributed by atoms with Crippen LogP contribution in [-0.4, -0.2) is 93.0 Å². The van der Waals surface area contributed by atoms with E-state index in [0.29, 0.717) is 19.4 Å². The maximum atomic E-state index is 14.7. The first kappa shape index (κ1) is 36.8. The van der Waals surface area contributed by atoms with Gasteiger partial charge in [-0.1, -0.05) is 85.6 Å². The number of hydrogen-bond donors (Lipinski definition) is 2. The van der Waals surface area contributed by atoms with E-state index in [4.69, 9.17) is 9.47 Å². The number of fused-ring (bicyclic) bond motifs is 1. The molecule has 3 fully saturated rings. The third-order valence-electron chi connectivity index (χ3n) is 9.91. The average molecular weight is 717 g/mol. The molecule has 10 nitrogen and oxygen atoms in total. The van der Waals surface area contributed by atoms with E-state index in [1.54, 1.807) is 17.1 Å². The maximum absolute atomic E-state index is 14.7. The van der Waals surface area contributed by atoms with Crippen LogP contribution in [0.1, 0.15) is 71.4 Å². The highest BCUT2D eigenvalue weighted by molar-refractivity contribution is 9.09. The first-order chi connectivity index (χ1) is 22.5. The van der Waals surface area contributed by atoms with Crippen molar-refractivity contribution in [2.75, 3.05) is 19.8 Å². The minimum atomic E-state index is -1.28. The smallest absolute Gasteiger partial charge is 0.306 e. The van der Waals surface area contributed by atoms with E-state index in [-0.39, 0.29) is 48.2 Å². The van der Waals surface area contributed by atoms with Crippen LogP contribution < -0.4 is 5.32 Å².